The molecule has 1 unspecified atom stereocenters. The van der Waals surface area contributed by atoms with Gasteiger partial charge in [0.1, 0.15) is 0 Å². The van der Waals surface area contributed by atoms with Gasteiger partial charge in [0, 0.05) is 7.05 Å². The maximum atomic E-state index is 11.0. The molecule has 4 heteroatoms. The second-order valence-electron chi connectivity index (χ2n) is 3.63. The molecule has 1 atom stereocenters. The first-order valence-corrected chi connectivity index (χ1v) is 5.32. The first-order chi connectivity index (χ1) is 7.72. The van der Waals surface area contributed by atoms with E-state index in [1.807, 2.05) is 37.3 Å². The Morgan fingerprint density at radius 2 is 2.06 bits per heavy atom. The van der Waals surface area contributed by atoms with Gasteiger partial charge in [-0.1, -0.05) is 30.3 Å². The van der Waals surface area contributed by atoms with Gasteiger partial charge >= 0.3 is 6.03 Å². The lowest BCUT2D eigenvalue weighted by atomic mass is 10.2. The average Bonchev–Trinajstić information content (AvgIpc) is 2.30. The molecule has 16 heavy (non-hydrogen) atoms. The quantitative estimate of drug-likeness (QED) is 0.793. The highest BCUT2D eigenvalue weighted by atomic mass is 16.5. The summed E-state index contributed by atoms with van der Waals surface area (Å²) in [4.78, 5) is 11.0. The van der Waals surface area contributed by atoms with Crippen molar-refractivity contribution in [1.82, 2.24) is 10.6 Å². The van der Waals surface area contributed by atoms with Crippen molar-refractivity contribution in [3.63, 3.8) is 0 Å². The van der Waals surface area contributed by atoms with E-state index >= 15 is 0 Å². The van der Waals surface area contributed by atoms with Gasteiger partial charge in [0.15, 0.2) is 0 Å². The Bertz CT molecular complexity index is 314. The first-order valence-electron chi connectivity index (χ1n) is 5.32. The molecule has 1 rings (SSSR count). The lowest BCUT2D eigenvalue weighted by Crippen LogP contribution is -2.41. The van der Waals surface area contributed by atoms with Crippen molar-refractivity contribution in [2.75, 3.05) is 13.7 Å². The lowest BCUT2D eigenvalue weighted by Gasteiger charge is -2.13. The molecule has 1 aromatic carbocycles. The van der Waals surface area contributed by atoms with Gasteiger partial charge in [-0.3, -0.25) is 0 Å². The molecule has 88 valence electrons. The first kappa shape index (κ1) is 12.5. The van der Waals surface area contributed by atoms with Gasteiger partial charge in [0.25, 0.3) is 0 Å². The third-order valence-corrected chi connectivity index (χ3v) is 2.08. The standard InChI is InChI=1S/C12H18N2O2/c1-10(14-12(15)13-2)8-16-9-11-6-4-3-5-7-11/h3-7,10H,8-9H2,1-2H3,(H2,13,14,15). The molecule has 2 amide bonds. The van der Waals surface area contributed by atoms with E-state index in [0.29, 0.717) is 13.2 Å². The van der Waals surface area contributed by atoms with E-state index < -0.39 is 0 Å². The molecule has 2 N–H and O–H groups in total. The lowest BCUT2D eigenvalue weighted by molar-refractivity contribution is 0.104. The topological polar surface area (TPSA) is 50.4 Å². The molecule has 0 saturated heterocycles. The van der Waals surface area contributed by atoms with Crippen molar-refractivity contribution in [1.29, 1.82) is 0 Å². The molecular weight excluding hydrogens is 204 g/mol. The summed E-state index contributed by atoms with van der Waals surface area (Å²) in [7, 11) is 1.59. The fourth-order valence-corrected chi connectivity index (χ4v) is 1.27. The van der Waals surface area contributed by atoms with Gasteiger partial charge in [-0.05, 0) is 12.5 Å². The fraction of sp³-hybridized carbons (Fsp3) is 0.417. The van der Waals surface area contributed by atoms with Crippen LogP contribution in [-0.4, -0.2) is 25.7 Å². The predicted molar refractivity (Wildman–Crippen MR) is 63.2 cm³/mol. The van der Waals surface area contributed by atoms with Crippen LogP contribution in [0.5, 0.6) is 0 Å². The van der Waals surface area contributed by atoms with Crippen LogP contribution in [0.4, 0.5) is 4.79 Å². The van der Waals surface area contributed by atoms with Crippen LogP contribution in [0.1, 0.15) is 12.5 Å². The minimum Gasteiger partial charge on any atom is -0.375 e. The van der Waals surface area contributed by atoms with E-state index in [1.54, 1.807) is 7.05 Å². The molecule has 0 bridgehead atoms. The van der Waals surface area contributed by atoms with Gasteiger partial charge in [0.2, 0.25) is 0 Å². The maximum Gasteiger partial charge on any atom is 0.314 e. The van der Waals surface area contributed by atoms with Crippen LogP contribution in [-0.2, 0) is 11.3 Å². The Kier molecular flexibility index (Phi) is 5.36. The van der Waals surface area contributed by atoms with Crippen LogP contribution in [0.25, 0.3) is 0 Å². The molecule has 0 aromatic heterocycles. The molecule has 1 aromatic rings. The van der Waals surface area contributed by atoms with Crippen LogP contribution in [0, 0.1) is 0 Å². The molecule has 0 heterocycles. The number of carbonyl (C=O) groups excluding carboxylic acids is 1. The zero-order valence-corrected chi connectivity index (χ0v) is 9.69. The van der Waals surface area contributed by atoms with Crippen molar-refractivity contribution in [3.8, 4) is 0 Å². The smallest absolute Gasteiger partial charge is 0.314 e. The number of urea groups is 1. The van der Waals surface area contributed by atoms with Crippen molar-refractivity contribution in [3.05, 3.63) is 35.9 Å². The second kappa shape index (κ2) is 6.85. The largest absolute Gasteiger partial charge is 0.375 e. The number of hydrogen-bond donors (Lipinski definition) is 2. The summed E-state index contributed by atoms with van der Waals surface area (Å²) >= 11 is 0. The molecule has 0 aliphatic heterocycles. The van der Waals surface area contributed by atoms with Gasteiger partial charge in [-0.25, -0.2) is 4.79 Å². The van der Waals surface area contributed by atoms with E-state index in [2.05, 4.69) is 10.6 Å². The van der Waals surface area contributed by atoms with Crippen molar-refractivity contribution >= 4 is 6.03 Å². The van der Waals surface area contributed by atoms with Gasteiger partial charge < -0.3 is 15.4 Å². The number of nitrogens with one attached hydrogen (secondary N) is 2. The highest BCUT2D eigenvalue weighted by molar-refractivity contribution is 5.73. The summed E-state index contributed by atoms with van der Waals surface area (Å²) in [5.41, 5.74) is 1.13. The van der Waals surface area contributed by atoms with E-state index in [9.17, 15) is 4.79 Å². The Morgan fingerprint density at radius 3 is 2.69 bits per heavy atom. The predicted octanol–water partition coefficient (Wildman–Crippen LogP) is 1.52. The third-order valence-electron chi connectivity index (χ3n) is 2.08. The van der Waals surface area contributed by atoms with Crippen molar-refractivity contribution < 1.29 is 9.53 Å². The summed E-state index contributed by atoms with van der Waals surface area (Å²) < 4.78 is 5.48. The minimum absolute atomic E-state index is 0.00339. The van der Waals surface area contributed by atoms with Gasteiger partial charge in [0.05, 0.1) is 19.3 Å². The van der Waals surface area contributed by atoms with E-state index in [1.165, 1.54) is 0 Å². The molecule has 4 nitrogen and oxygen atoms in total. The number of benzene rings is 1. The summed E-state index contributed by atoms with van der Waals surface area (Å²) in [5, 5.41) is 5.24. The third kappa shape index (κ3) is 4.79. The molecular formula is C12H18N2O2. The number of carbonyl (C=O) groups is 1. The molecule has 0 fully saturated rings. The molecule has 0 radical (unpaired) electrons. The Labute approximate surface area is 96.0 Å². The molecule has 0 aliphatic rings. The highest BCUT2D eigenvalue weighted by Gasteiger charge is 2.04. The molecule has 0 spiro atoms. The van der Waals surface area contributed by atoms with Gasteiger partial charge in [-0.2, -0.15) is 0 Å². The Morgan fingerprint density at radius 1 is 1.38 bits per heavy atom. The zero-order chi connectivity index (χ0) is 11.8. The van der Waals surface area contributed by atoms with Crippen LogP contribution in [0.2, 0.25) is 0 Å². The SMILES string of the molecule is CNC(=O)NC(C)COCc1ccccc1. The Hall–Kier alpha value is -1.55. The van der Waals surface area contributed by atoms with E-state index in [-0.39, 0.29) is 12.1 Å². The number of hydrogen-bond acceptors (Lipinski definition) is 2. The minimum atomic E-state index is -0.184. The maximum absolute atomic E-state index is 11.0. The summed E-state index contributed by atoms with van der Waals surface area (Å²) in [6.07, 6.45) is 0. The number of ether oxygens (including phenoxy) is 1. The summed E-state index contributed by atoms with van der Waals surface area (Å²) in [5.74, 6) is 0. The summed E-state index contributed by atoms with van der Waals surface area (Å²) in [6, 6.07) is 9.77. The van der Waals surface area contributed by atoms with Crippen LogP contribution in [0.15, 0.2) is 30.3 Å². The van der Waals surface area contributed by atoms with Crippen LogP contribution >= 0.6 is 0 Å². The van der Waals surface area contributed by atoms with E-state index in [0.717, 1.165) is 5.56 Å². The highest BCUT2D eigenvalue weighted by Crippen LogP contribution is 2.00. The second-order valence-corrected chi connectivity index (χ2v) is 3.63. The molecule has 0 saturated carbocycles. The summed E-state index contributed by atoms with van der Waals surface area (Å²) in [6.45, 7) is 2.98. The van der Waals surface area contributed by atoms with Crippen LogP contribution in [0.3, 0.4) is 0 Å². The van der Waals surface area contributed by atoms with Gasteiger partial charge in [-0.15, -0.1) is 0 Å². The number of rotatable bonds is 5. The Balaban J connectivity index is 2.18. The average molecular weight is 222 g/mol. The number of amides is 2. The molecule has 0 aliphatic carbocycles. The zero-order valence-electron chi connectivity index (χ0n) is 9.69. The van der Waals surface area contributed by atoms with E-state index in [4.69, 9.17) is 4.74 Å². The van der Waals surface area contributed by atoms with Crippen molar-refractivity contribution in [2.24, 2.45) is 0 Å². The van der Waals surface area contributed by atoms with Crippen LogP contribution < -0.4 is 10.6 Å². The van der Waals surface area contributed by atoms with Crippen molar-refractivity contribution in [2.45, 2.75) is 19.6 Å². The monoisotopic (exact) mass is 222 g/mol. The fourth-order valence-electron chi connectivity index (χ4n) is 1.27. The normalized spacial score (nSPS) is 11.9.